The number of benzene rings is 1. The molecule has 0 aromatic heterocycles. The summed E-state index contributed by atoms with van der Waals surface area (Å²) in [5.41, 5.74) is 1.93. The molecule has 28 heavy (non-hydrogen) atoms. The minimum Gasteiger partial charge on any atom is -0.366 e. The van der Waals surface area contributed by atoms with Gasteiger partial charge in [-0.3, -0.25) is 14.4 Å². The van der Waals surface area contributed by atoms with Crippen LogP contribution in [0.15, 0.2) is 12.1 Å². The fourth-order valence-electron chi connectivity index (χ4n) is 5.13. The number of halogens is 1. The van der Waals surface area contributed by atoms with Gasteiger partial charge in [-0.2, -0.15) is 0 Å². The molecular formula is C20H23FN4O3. The molecule has 5 heterocycles. The molecule has 0 spiro atoms. The van der Waals surface area contributed by atoms with E-state index < -0.39 is 11.8 Å². The third-order valence-corrected chi connectivity index (χ3v) is 6.58. The molecule has 4 fully saturated rings. The number of carbonyl (C=O) groups excluding carboxylic acids is 3. The molecule has 148 valence electrons. The highest BCUT2D eigenvalue weighted by Gasteiger charge is 2.42. The Hall–Kier alpha value is -2.32. The lowest BCUT2D eigenvalue weighted by Crippen LogP contribution is -2.67. The Morgan fingerprint density at radius 3 is 2.61 bits per heavy atom. The number of hydrogen-bond donors (Lipinski definition) is 2. The number of piperidine rings is 2. The van der Waals surface area contributed by atoms with Crippen LogP contribution in [0.4, 0.5) is 10.1 Å². The molecule has 4 unspecified atom stereocenters. The lowest BCUT2D eigenvalue weighted by Gasteiger charge is -2.49. The molecule has 1 amide bonds. The lowest BCUT2D eigenvalue weighted by molar-refractivity contribution is -0.131. The van der Waals surface area contributed by atoms with Crippen molar-refractivity contribution in [3.63, 3.8) is 0 Å². The van der Waals surface area contributed by atoms with Crippen LogP contribution in [0.1, 0.15) is 35.2 Å². The second-order valence-electron chi connectivity index (χ2n) is 8.27. The molecule has 4 saturated heterocycles. The van der Waals surface area contributed by atoms with Crippen LogP contribution in [-0.2, 0) is 16.1 Å². The van der Waals surface area contributed by atoms with Gasteiger partial charge < -0.3 is 20.4 Å². The number of amides is 1. The topological polar surface area (TPSA) is 81.8 Å². The average molecular weight is 386 g/mol. The molecule has 5 aliphatic rings. The van der Waals surface area contributed by atoms with E-state index in [4.69, 9.17) is 0 Å². The quantitative estimate of drug-likeness (QED) is 0.569. The van der Waals surface area contributed by atoms with Crippen LogP contribution in [0.5, 0.6) is 0 Å². The fourth-order valence-corrected chi connectivity index (χ4v) is 5.13. The molecule has 0 aliphatic carbocycles. The summed E-state index contributed by atoms with van der Waals surface area (Å²) in [6.45, 7) is 2.37. The zero-order valence-corrected chi connectivity index (χ0v) is 15.5. The van der Waals surface area contributed by atoms with Crippen molar-refractivity contribution in [3.05, 3.63) is 29.1 Å². The number of piperazine rings is 1. The summed E-state index contributed by atoms with van der Waals surface area (Å²) in [6.07, 6.45) is 2.64. The van der Waals surface area contributed by atoms with E-state index in [2.05, 4.69) is 15.5 Å². The Bertz CT molecular complexity index is 836. The Labute approximate surface area is 162 Å². The van der Waals surface area contributed by atoms with Gasteiger partial charge in [0, 0.05) is 55.4 Å². The molecule has 2 bridgehead atoms. The first-order valence-electron chi connectivity index (χ1n) is 9.91. The van der Waals surface area contributed by atoms with Crippen molar-refractivity contribution in [2.75, 3.05) is 24.5 Å². The molecule has 8 heteroatoms. The summed E-state index contributed by atoms with van der Waals surface area (Å²) >= 11 is 0. The third-order valence-electron chi connectivity index (χ3n) is 6.58. The lowest BCUT2D eigenvalue weighted by atomic mass is 9.90. The van der Waals surface area contributed by atoms with Crippen molar-refractivity contribution in [1.29, 1.82) is 0 Å². The summed E-state index contributed by atoms with van der Waals surface area (Å²) < 4.78 is 14.8. The van der Waals surface area contributed by atoms with Gasteiger partial charge in [-0.1, -0.05) is 0 Å². The van der Waals surface area contributed by atoms with Crippen molar-refractivity contribution >= 4 is 23.7 Å². The van der Waals surface area contributed by atoms with Crippen LogP contribution in [0.25, 0.3) is 0 Å². The number of carbonyl (C=O) groups is 3. The number of nitrogens with one attached hydrogen (secondary N) is 2. The van der Waals surface area contributed by atoms with Gasteiger partial charge in [-0.05, 0) is 31.4 Å². The highest BCUT2D eigenvalue weighted by Crippen LogP contribution is 2.38. The number of ketones is 1. The minimum atomic E-state index is -0.464. The highest BCUT2D eigenvalue weighted by atomic mass is 19.1. The molecule has 2 N–H and O–H groups in total. The maximum atomic E-state index is 14.8. The van der Waals surface area contributed by atoms with Crippen LogP contribution in [0, 0.1) is 5.82 Å². The van der Waals surface area contributed by atoms with Crippen LogP contribution in [-0.4, -0.2) is 66.7 Å². The normalized spacial score (nSPS) is 31.4. The average Bonchev–Trinajstić information content (AvgIpc) is 3.03. The van der Waals surface area contributed by atoms with Crippen molar-refractivity contribution in [3.8, 4) is 0 Å². The second-order valence-corrected chi connectivity index (χ2v) is 8.27. The van der Waals surface area contributed by atoms with Crippen LogP contribution in [0.2, 0.25) is 0 Å². The van der Waals surface area contributed by atoms with E-state index in [9.17, 15) is 18.8 Å². The zero-order chi connectivity index (χ0) is 19.4. The monoisotopic (exact) mass is 386 g/mol. The Morgan fingerprint density at radius 1 is 1.21 bits per heavy atom. The molecule has 6 rings (SSSR count). The van der Waals surface area contributed by atoms with E-state index in [0.29, 0.717) is 55.6 Å². The molecule has 7 nitrogen and oxygen atoms in total. The maximum Gasteiger partial charge on any atom is 0.254 e. The summed E-state index contributed by atoms with van der Waals surface area (Å²) in [7, 11) is 0. The number of aldehydes is 1. The summed E-state index contributed by atoms with van der Waals surface area (Å²) in [5.74, 6) is -0.798. The highest BCUT2D eigenvalue weighted by molar-refractivity contribution is 6.27. The van der Waals surface area contributed by atoms with Crippen LogP contribution < -0.4 is 15.5 Å². The van der Waals surface area contributed by atoms with Gasteiger partial charge in [0.2, 0.25) is 5.78 Å². The Kier molecular flexibility index (Phi) is 4.21. The van der Waals surface area contributed by atoms with Crippen molar-refractivity contribution in [2.24, 2.45) is 0 Å². The van der Waals surface area contributed by atoms with Crippen molar-refractivity contribution in [2.45, 2.75) is 50.0 Å². The second kappa shape index (κ2) is 6.63. The number of Topliss-reactive ketones (excluding diaryl/α,β-unsaturated/α-hetero) is 1. The van der Waals surface area contributed by atoms with E-state index in [1.54, 1.807) is 11.0 Å². The molecule has 1 aromatic rings. The predicted molar refractivity (Wildman–Crippen MR) is 99.7 cm³/mol. The van der Waals surface area contributed by atoms with Gasteiger partial charge in [-0.15, -0.1) is 0 Å². The molecule has 0 radical (unpaired) electrons. The van der Waals surface area contributed by atoms with Gasteiger partial charge >= 0.3 is 0 Å². The Morgan fingerprint density at radius 2 is 1.96 bits per heavy atom. The standard InChI is InChI=1S/C20H23FN4O3/c21-16-3-2-14-15(19(16)24-7-11-5-12(8-24)23-11)9-25(20(14)28)13-1-4-17(22-6-13)18(27)10-26/h2-3,10-13,17,22-23H,1,4-9H2. The van der Waals surface area contributed by atoms with Gasteiger partial charge in [0.1, 0.15) is 5.82 Å². The minimum absolute atomic E-state index is 0.0667. The number of anilines is 1. The van der Waals surface area contributed by atoms with Crippen molar-refractivity contribution < 1.29 is 18.8 Å². The smallest absolute Gasteiger partial charge is 0.254 e. The molecular weight excluding hydrogens is 363 g/mol. The van der Waals surface area contributed by atoms with Crippen LogP contribution in [0.3, 0.4) is 0 Å². The van der Waals surface area contributed by atoms with Crippen LogP contribution >= 0.6 is 0 Å². The molecule has 5 aliphatic heterocycles. The predicted octanol–water partition coefficient (Wildman–Crippen LogP) is 0.221. The first-order valence-corrected chi connectivity index (χ1v) is 9.91. The largest absolute Gasteiger partial charge is 0.366 e. The third kappa shape index (κ3) is 2.74. The number of nitrogens with zero attached hydrogens (tertiary/aromatic N) is 2. The zero-order valence-electron chi connectivity index (χ0n) is 15.5. The van der Waals surface area contributed by atoms with Gasteiger partial charge in [0.05, 0.1) is 11.7 Å². The molecule has 0 saturated carbocycles. The maximum absolute atomic E-state index is 14.8. The van der Waals surface area contributed by atoms with Gasteiger partial charge in [0.15, 0.2) is 6.29 Å². The summed E-state index contributed by atoms with van der Waals surface area (Å²) in [6, 6.07) is 3.27. The van der Waals surface area contributed by atoms with Crippen molar-refractivity contribution in [1.82, 2.24) is 15.5 Å². The van der Waals surface area contributed by atoms with E-state index in [1.165, 1.54) is 6.07 Å². The van der Waals surface area contributed by atoms with Gasteiger partial charge in [-0.25, -0.2) is 4.39 Å². The summed E-state index contributed by atoms with van der Waals surface area (Å²) in [4.78, 5) is 39.1. The first kappa shape index (κ1) is 17.8. The van der Waals surface area contributed by atoms with E-state index >= 15 is 0 Å². The first-order chi connectivity index (χ1) is 13.5. The Balaban J connectivity index is 1.36. The van der Waals surface area contributed by atoms with E-state index in [1.807, 2.05) is 0 Å². The van der Waals surface area contributed by atoms with E-state index in [0.717, 1.165) is 25.1 Å². The number of rotatable bonds is 4. The number of hydrogen-bond acceptors (Lipinski definition) is 6. The van der Waals surface area contributed by atoms with Gasteiger partial charge in [0.25, 0.3) is 5.91 Å². The molecule has 1 aromatic carbocycles. The fraction of sp³-hybridized carbons (Fsp3) is 0.550. The number of fused-ring (bicyclic) bond motifs is 3. The van der Waals surface area contributed by atoms with E-state index in [-0.39, 0.29) is 17.8 Å². The molecule has 4 atom stereocenters. The summed E-state index contributed by atoms with van der Waals surface area (Å²) in [5, 5.41) is 6.53. The SMILES string of the molecule is O=CC(=O)C1CCC(N2Cc3c(ccc(F)c3N3CC4CC(C3)N4)C2=O)CN1.